The van der Waals surface area contributed by atoms with Crippen molar-refractivity contribution in [1.29, 1.82) is 0 Å². The smallest absolute Gasteiger partial charge is 0.0608 e. The van der Waals surface area contributed by atoms with Crippen molar-refractivity contribution < 1.29 is 5.11 Å². The Kier molecular flexibility index (Phi) is 4.55. The lowest BCUT2D eigenvalue weighted by Crippen LogP contribution is -2.28. The van der Waals surface area contributed by atoms with Gasteiger partial charge in [-0.1, -0.05) is 26.2 Å². The Morgan fingerprint density at radius 1 is 1.35 bits per heavy atom. The van der Waals surface area contributed by atoms with Crippen molar-refractivity contribution >= 4 is 0 Å². The summed E-state index contributed by atoms with van der Waals surface area (Å²) in [7, 11) is 0. The van der Waals surface area contributed by atoms with E-state index in [4.69, 9.17) is 0 Å². The highest BCUT2D eigenvalue weighted by molar-refractivity contribution is 5.11. The van der Waals surface area contributed by atoms with E-state index < -0.39 is 0 Å². The Hall–Kier alpha value is -0.890. The molecule has 1 heterocycles. The van der Waals surface area contributed by atoms with Crippen molar-refractivity contribution in [2.75, 3.05) is 0 Å². The van der Waals surface area contributed by atoms with Crippen LogP contribution in [-0.4, -0.2) is 16.2 Å². The largest absolute Gasteiger partial charge is 0.392 e. The lowest BCUT2D eigenvalue weighted by atomic mass is 9.76. The standard InChI is InChI=1S/C15H23NO/c1-2-12-4-3-5-14(10-12)15(17)11-13-6-8-16-9-7-13/h6-9,12,14-15,17H,2-5,10-11H2,1H3. The summed E-state index contributed by atoms with van der Waals surface area (Å²) in [5.41, 5.74) is 1.20. The predicted octanol–water partition coefficient (Wildman–Crippen LogP) is 3.20. The van der Waals surface area contributed by atoms with E-state index >= 15 is 0 Å². The first-order valence-electron chi connectivity index (χ1n) is 6.86. The SMILES string of the molecule is CCC1CCCC(C(O)Cc2ccncc2)C1. The average Bonchev–Trinajstić information content (AvgIpc) is 2.40. The lowest BCUT2D eigenvalue weighted by Gasteiger charge is -2.31. The second-order valence-electron chi connectivity index (χ2n) is 5.33. The molecule has 3 atom stereocenters. The molecule has 2 rings (SSSR count). The van der Waals surface area contributed by atoms with Crippen LogP contribution < -0.4 is 0 Å². The fourth-order valence-electron chi connectivity index (χ4n) is 2.98. The highest BCUT2D eigenvalue weighted by Gasteiger charge is 2.26. The van der Waals surface area contributed by atoms with E-state index in [2.05, 4.69) is 11.9 Å². The van der Waals surface area contributed by atoms with E-state index in [1.807, 2.05) is 12.1 Å². The maximum Gasteiger partial charge on any atom is 0.0608 e. The molecule has 1 aromatic rings. The van der Waals surface area contributed by atoms with Gasteiger partial charge in [0, 0.05) is 12.4 Å². The molecule has 1 saturated carbocycles. The molecule has 0 radical (unpaired) electrons. The predicted molar refractivity (Wildman–Crippen MR) is 69.7 cm³/mol. The van der Waals surface area contributed by atoms with E-state index in [9.17, 15) is 5.11 Å². The molecule has 1 N–H and O–H groups in total. The molecule has 0 bridgehead atoms. The third-order valence-electron chi connectivity index (χ3n) is 4.14. The van der Waals surface area contributed by atoms with Gasteiger partial charge in [-0.3, -0.25) is 4.98 Å². The molecule has 1 aliphatic carbocycles. The number of aliphatic hydroxyl groups excluding tert-OH is 1. The number of pyridine rings is 1. The van der Waals surface area contributed by atoms with E-state index in [-0.39, 0.29) is 6.10 Å². The van der Waals surface area contributed by atoms with Crippen LogP contribution in [0.5, 0.6) is 0 Å². The van der Waals surface area contributed by atoms with Gasteiger partial charge < -0.3 is 5.11 Å². The van der Waals surface area contributed by atoms with E-state index in [0.29, 0.717) is 5.92 Å². The van der Waals surface area contributed by atoms with Crippen molar-refractivity contribution in [2.24, 2.45) is 11.8 Å². The summed E-state index contributed by atoms with van der Waals surface area (Å²) in [6.07, 6.45) is 10.5. The van der Waals surface area contributed by atoms with E-state index in [0.717, 1.165) is 12.3 Å². The van der Waals surface area contributed by atoms with Gasteiger partial charge in [0.15, 0.2) is 0 Å². The van der Waals surface area contributed by atoms with E-state index in [1.165, 1.54) is 37.7 Å². The van der Waals surface area contributed by atoms with Crippen LogP contribution in [0.4, 0.5) is 0 Å². The second kappa shape index (κ2) is 6.15. The highest BCUT2D eigenvalue weighted by atomic mass is 16.3. The van der Waals surface area contributed by atoms with Gasteiger partial charge in [-0.05, 0) is 48.8 Å². The molecule has 94 valence electrons. The minimum absolute atomic E-state index is 0.174. The Balaban J connectivity index is 1.89. The summed E-state index contributed by atoms with van der Waals surface area (Å²) in [6.45, 7) is 2.27. The molecule has 1 fully saturated rings. The number of nitrogens with zero attached hydrogens (tertiary/aromatic N) is 1. The van der Waals surface area contributed by atoms with Crippen molar-refractivity contribution in [2.45, 2.75) is 51.6 Å². The molecular formula is C15H23NO. The zero-order chi connectivity index (χ0) is 12.1. The maximum absolute atomic E-state index is 10.3. The molecule has 1 aliphatic rings. The van der Waals surface area contributed by atoms with Gasteiger partial charge in [0.1, 0.15) is 0 Å². The van der Waals surface area contributed by atoms with Gasteiger partial charge in [-0.15, -0.1) is 0 Å². The molecule has 3 unspecified atom stereocenters. The molecule has 17 heavy (non-hydrogen) atoms. The minimum Gasteiger partial charge on any atom is -0.392 e. The quantitative estimate of drug-likeness (QED) is 0.866. The molecule has 0 spiro atoms. The first-order chi connectivity index (χ1) is 8.29. The first kappa shape index (κ1) is 12.6. The number of aliphatic hydroxyl groups is 1. The lowest BCUT2D eigenvalue weighted by molar-refractivity contribution is 0.0685. The summed E-state index contributed by atoms with van der Waals surface area (Å²) in [5.74, 6) is 1.34. The zero-order valence-corrected chi connectivity index (χ0v) is 10.7. The van der Waals surface area contributed by atoms with Crippen LogP contribution in [0.3, 0.4) is 0 Å². The second-order valence-corrected chi connectivity index (χ2v) is 5.33. The fourth-order valence-corrected chi connectivity index (χ4v) is 2.98. The first-order valence-corrected chi connectivity index (χ1v) is 6.86. The molecule has 2 nitrogen and oxygen atoms in total. The monoisotopic (exact) mass is 233 g/mol. The summed E-state index contributed by atoms with van der Waals surface area (Å²) in [6, 6.07) is 4.01. The van der Waals surface area contributed by atoms with Gasteiger partial charge in [0.2, 0.25) is 0 Å². The topological polar surface area (TPSA) is 33.1 Å². The van der Waals surface area contributed by atoms with Gasteiger partial charge in [-0.2, -0.15) is 0 Å². The van der Waals surface area contributed by atoms with Crippen LogP contribution in [0.15, 0.2) is 24.5 Å². The summed E-state index contributed by atoms with van der Waals surface area (Å²) in [4.78, 5) is 4.01. The van der Waals surface area contributed by atoms with Gasteiger partial charge in [0.25, 0.3) is 0 Å². The summed E-state index contributed by atoms with van der Waals surface area (Å²) < 4.78 is 0. The van der Waals surface area contributed by atoms with E-state index in [1.54, 1.807) is 12.4 Å². The normalized spacial score (nSPS) is 26.7. The summed E-state index contributed by atoms with van der Waals surface area (Å²) in [5, 5.41) is 10.3. The third kappa shape index (κ3) is 3.53. The van der Waals surface area contributed by atoms with Crippen molar-refractivity contribution in [3.05, 3.63) is 30.1 Å². The van der Waals surface area contributed by atoms with Crippen molar-refractivity contribution in [1.82, 2.24) is 4.98 Å². The Bertz CT molecular complexity index is 325. The van der Waals surface area contributed by atoms with Gasteiger partial charge >= 0.3 is 0 Å². The van der Waals surface area contributed by atoms with Crippen molar-refractivity contribution in [3.63, 3.8) is 0 Å². The molecule has 2 heteroatoms. The molecule has 0 saturated heterocycles. The molecule has 0 aliphatic heterocycles. The molecule has 0 amide bonds. The minimum atomic E-state index is -0.174. The van der Waals surface area contributed by atoms with Crippen LogP contribution in [0, 0.1) is 11.8 Å². The van der Waals surface area contributed by atoms with Crippen molar-refractivity contribution in [3.8, 4) is 0 Å². The number of rotatable bonds is 4. The number of hydrogen-bond donors (Lipinski definition) is 1. The maximum atomic E-state index is 10.3. The average molecular weight is 233 g/mol. The summed E-state index contributed by atoms with van der Waals surface area (Å²) >= 11 is 0. The van der Waals surface area contributed by atoms with Gasteiger partial charge in [-0.25, -0.2) is 0 Å². The zero-order valence-electron chi connectivity index (χ0n) is 10.7. The third-order valence-corrected chi connectivity index (χ3v) is 4.14. The Labute approximate surface area is 104 Å². The van der Waals surface area contributed by atoms with Crippen LogP contribution in [0.25, 0.3) is 0 Å². The Morgan fingerprint density at radius 3 is 2.82 bits per heavy atom. The Morgan fingerprint density at radius 2 is 2.12 bits per heavy atom. The number of hydrogen-bond acceptors (Lipinski definition) is 2. The molecular weight excluding hydrogens is 210 g/mol. The molecule has 0 aromatic carbocycles. The number of aromatic nitrogens is 1. The fraction of sp³-hybridized carbons (Fsp3) is 0.667. The van der Waals surface area contributed by atoms with Crippen LogP contribution >= 0.6 is 0 Å². The van der Waals surface area contributed by atoms with Crippen LogP contribution in [0.1, 0.15) is 44.6 Å². The highest BCUT2D eigenvalue weighted by Crippen LogP contribution is 2.33. The molecule has 1 aromatic heterocycles. The van der Waals surface area contributed by atoms with Crippen LogP contribution in [0.2, 0.25) is 0 Å². The van der Waals surface area contributed by atoms with Gasteiger partial charge in [0.05, 0.1) is 6.10 Å². The van der Waals surface area contributed by atoms with Crippen LogP contribution in [-0.2, 0) is 6.42 Å².